The smallest absolute Gasteiger partial charge is 0.247 e. The molecule has 1 aliphatic heterocycles. The third-order valence-electron chi connectivity index (χ3n) is 2.93. The second-order valence-corrected chi connectivity index (χ2v) is 6.90. The summed E-state index contributed by atoms with van der Waals surface area (Å²) in [6.07, 6.45) is 0. The van der Waals surface area contributed by atoms with E-state index < -0.39 is 15.8 Å². The largest absolute Gasteiger partial charge is 0.314 e. The van der Waals surface area contributed by atoms with E-state index in [9.17, 15) is 12.8 Å². The average molecular weight is 337 g/mol. The van der Waals surface area contributed by atoms with Gasteiger partial charge in [-0.2, -0.15) is 4.31 Å². The molecule has 100 valence electrons. The molecule has 0 aliphatic carbocycles. The summed E-state index contributed by atoms with van der Waals surface area (Å²) in [4.78, 5) is -0.279. The summed E-state index contributed by atoms with van der Waals surface area (Å²) in [6, 6.07) is 3.97. The lowest BCUT2D eigenvalue weighted by Crippen LogP contribution is -2.52. The number of rotatable bonds is 2. The maximum Gasteiger partial charge on any atom is 0.247 e. The topological polar surface area (TPSA) is 49.4 Å². The number of nitrogens with zero attached hydrogens (tertiary/aromatic N) is 1. The quantitative estimate of drug-likeness (QED) is 0.891. The van der Waals surface area contributed by atoms with Crippen molar-refractivity contribution >= 4 is 26.0 Å². The molecule has 1 heterocycles. The first-order chi connectivity index (χ1) is 8.44. The molecule has 4 nitrogen and oxygen atoms in total. The molecule has 7 heteroatoms. The van der Waals surface area contributed by atoms with Crippen molar-refractivity contribution in [3.8, 4) is 0 Å². The number of sulfonamides is 1. The zero-order valence-corrected chi connectivity index (χ0v) is 12.3. The van der Waals surface area contributed by atoms with Crippen LogP contribution in [0.1, 0.15) is 6.92 Å². The number of hydrogen-bond acceptors (Lipinski definition) is 3. The Morgan fingerprint density at radius 3 is 2.83 bits per heavy atom. The summed E-state index contributed by atoms with van der Waals surface area (Å²) >= 11 is 3.11. The molecule has 0 spiro atoms. The highest BCUT2D eigenvalue weighted by atomic mass is 79.9. The van der Waals surface area contributed by atoms with Gasteiger partial charge in [0.1, 0.15) is 10.7 Å². The molecule has 1 aromatic rings. The van der Waals surface area contributed by atoms with Gasteiger partial charge in [0.25, 0.3) is 0 Å². The van der Waals surface area contributed by atoms with E-state index in [1.165, 1.54) is 16.4 Å². The lowest BCUT2D eigenvalue weighted by Gasteiger charge is -2.33. The number of piperazine rings is 1. The summed E-state index contributed by atoms with van der Waals surface area (Å²) in [5.74, 6) is -0.727. The molecule has 1 atom stereocenters. The Kier molecular flexibility index (Phi) is 4.05. The van der Waals surface area contributed by atoms with E-state index in [4.69, 9.17) is 0 Å². The summed E-state index contributed by atoms with van der Waals surface area (Å²) in [5, 5.41) is 3.11. The van der Waals surface area contributed by atoms with Crippen LogP contribution < -0.4 is 5.32 Å². The monoisotopic (exact) mass is 336 g/mol. The summed E-state index contributed by atoms with van der Waals surface area (Å²) in [7, 11) is -3.80. The van der Waals surface area contributed by atoms with Crippen molar-refractivity contribution in [1.82, 2.24) is 9.62 Å². The molecule has 1 aliphatic rings. The van der Waals surface area contributed by atoms with Crippen LogP contribution in [-0.4, -0.2) is 38.4 Å². The maximum absolute atomic E-state index is 13.8. The molecular formula is C11H14BrFN2O2S. The normalized spacial score (nSPS) is 22.1. The van der Waals surface area contributed by atoms with E-state index in [-0.39, 0.29) is 15.4 Å². The van der Waals surface area contributed by atoms with E-state index in [0.717, 1.165) is 6.07 Å². The van der Waals surface area contributed by atoms with Gasteiger partial charge in [-0.1, -0.05) is 6.07 Å². The summed E-state index contributed by atoms with van der Waals surface area (Å²) < 4.78 is 40.3. The van der Waals surface area contributed by atoms with Crippen molar-refractivity contribution in [1.29, 1.82) is 0 Å². The van der Waals surface area contributed by atoms with Crippen LogP contribution in [0.25, 0.3) is 0 Å². The van der Waals surface area contributed by atoms with Gasteiger partial charge >= 0.3 is 0 Å². The lowest BCUT2D eigenvalue weighted by molar-refractivity contribution is 0.282. The Hall–Kier alpha value is -0.500. The van der Waals surface area contributed by atoms with E-state index in [0.29, 0.717) is 19.6 Å². The zero-order chi connectivity index (χ0) is 13.3. The molecule has 18 heavy (non-hydrogen) atoms. The van der Waals surface area contributed by atoms with Gasteiger partial charge in [-0.25, -0.2) is 12.8 Å². The Labute approximate surface area is 114 Å². The first-order valence-electron chi connectivity index (χ1n) is 5.61. The molecule has 1 saturated heterocycles. The molecule has 0 saturated carbocycles. The van der Waals surface area contributed by atoms with E-state index in [1.807, 2.05) is 0 Å². The fourth-order valence-corrected chi connectivity index (χ4v) is 4.72. The van der Waals surface area contributed by atoms with Crippen LogP contribution in [0.2, 0.25) is 0 Å². The van der Waals surface area contributed by atoms with Crippen LogP contribution in [0.15, 0.2) is 27.6 Å². The molecular weight excluding hydrogens is 323 g/mol. The van der Waals surface area contributed by atoms with Crippen LogP contribution in [0.3, 0.4) is 0 Å². The average Bonchev–Trinajstić information content (AvgIpc) is 2.28. The van der Waals surface area contributed by atoms with Crippen LogP contribution >= 0.6 is 15.9 Å². The van der Waals surface area contributed by atoms with Gasteiger partial charge in [-0.05, 0) is 35.0 Å². The highest BCUT2D eigenvalue weighted by Gasteiger charge is 2.34. The fraction of sp³-hybridized carbons (Fsp3) is 0.455. The molecule has 1 N–H and O–H groups in total. The van der Waals surface area contributed by atoms with Gasteiger partial charge in [-0.3, -0.25) is 0 Å². The molecule has 0 amide bonds. The Bertz CT molecular complexity index is 530. The van der Waals surface area contributed by atoms with Gasteiger partial charge in [0.05, 0.1) is 0 Å². The molecule has 0 aromatic heterocycles. The van der Waals surface area contributed by atoms with Gasteiger partial charge in [-0.15, -0.1) is 0 Å². The SMILES string of the molecule is C[C@H]1CNCCN1S(=O)(=O)c1c(F)cccc1Br. The lowest BCUT2D eigenvalue weighted by atomic mass is 10.3. The maximum atomic E-state index is 13.8. The predicted octanol–water partition coefficient (Wildman–Crippen LogP) is 1.57. The molecule has 0 radical (unpaired) electrons. The third kappa shape index (κ3) is 2.45. The second-order valence-electron chi connectivity index (χ2n) is 4.22. The molecule has 0 bridgehead atoms. The second kappa shape index (κ2) is 5.24. The first kappa shape index (κ1) is 13.9. The number of benzene rings is 1. The number of hydrogen-bond donors (Lipinski definition) is 1. The Morgan fingerprint density at radius 1 is 1.50 bits per heavy atom. The standard InChI is InChI=1S/C11H14BrFN2O2S/c1-8-7-14-5-6-15(8)18(16,17)11-9(12)3-2-4-10(11)13/h2-4,8,14H,5-7H2,1H3/t8-/m0/s1. The number of halogens is 2. The fourth-order valence-electron chi connectivity index (χ4n) is 2.03. The van der Waals surface area contributed by atoms with Crippen molar-refractivity contribution in [2.45, 2.75) is 17.9 Å². The van der Waals surface area contributed by atoms with E-state index in [2.05, 4.69) is 21.2 Å². The summed E-state index contributed by atoms with van der Waals surface area (Å²) in [5.41, 5.74) is 0. The zero-order valence-electron chi connectivity index (χ0n) is 9.86. The molecule has 1 fully saturated rings. The van der Waals surface area contributed by atoms with Crippen LogP contribution in [0.4, 0.5) is 4.39 Å². The molecule has 0 unspecified atom stereocenters. The van der Waals surface area contributed by atoms with E-state index in [1.54, 1.807) is 6.92 Å². The van der Waals surface area contributed by atoms with Crippen molar-refractivity contribution < 1.29 is 12.8 Å². The Balaban J connectivity index is 2.48. The minimum absolute atomic E-state index is 0.185. The Morgan fingerprint density at radius 2 is 2.22 bits per heavy atom. The first-order valence-corrected chi connectivity index (χ1v) is 7.84. The van der Waals surface area contributed by atoms with Crippen LogP contribution in [0.5, 0.6) is 0 Å². The van der Waals surface area contributed by atoms with Crippen molar-refractivity contribution in [2.75, 3.05) is 19.6 Å². The molecule has 1 aromatic carbocycles. The van der Waals surface area contributed by atoms with Gasteiger partial charge in [0.2, 0.25) is 10.0 Å². The van der Waals surface area contributed by atoms with E-state index >= 15 is 0 Å². The van der Waals surface area contributed by atoms with Gasteiger partial charge in [0, 0.05) is 30.1 Å². The van der Waals surface area contributed by atoms with Crippen LogP contribution in [0, 0.1) is 5.82 Å². The molecule has 2 rings (SSSR count). The third-order valence-corrected chi connectivity index (χ3v) is 5.94. The predicted molar refractivity (Wildman–Crippen MR) is 70.3 cm³/mol. The summed E-state index contributed by atoms with van der Waals surface area (Å²) in [6.45, 7) is 3.31. The van der Waals surface area contributed by atoms with Crippen molar-refractivity contribution in [3.63, 3.8) is 0 Å². The minimum Gasteiger partial charge on any atom is -0.314 e. The number of nitrogens with one attached hydrogen (secondary N) is 1. The highest BCUT2D eigenvalue weighted by Crippen LogP contribution is 2.28. The highest BCUT2D eigenvalue weighted by molar-refractivity contribution is 9.10. The van der Waals surface area contributed by atoms with Gasteiger partial charge in [0.15, 0.2) is 0 Å². The van der Waals surface area contributed by atoms with Crippen molar-refractivity contribution in [2.24, 2.45) is 0 Å². The minimum atomic E-state index is -3.80. The van der Waals surface area contributed by atoms with Gasteiger partial charge < -0.3 is 5.32 Å². The van der Waals surface area contributed by atoms with Crippen LogP contribution in [-0.2, 0) is 10.0 Å². The van der Waals surface area contributed by atoms with Crippen molar-refractivity contribution in [3.05, 3.63) is 28.5 Å².